The van der Waals surface area contributed by atoms with Gasteiger partial charge in [0.05, 0.1) is 0 Å². The van der Waals surface area contributed by atoms with Crippen LogP contribution in [0.1, 0.15) is 45.6 Å². The van der Waals surface area contributed by atoms with Gasteiger partial charge in [0.2, 0.25) is 0 Å². The molecule has 2 aromatic rings. The summed E-state index contributed by atoms with van der Waals surface area (Å²) in [6.07, 6.45) is 10.6. The van der Waals surface area contributed by atoms with Crippen LogP contribution in [-0.2, 0) is 4.74 Å². The van der Waals surface area contributed by atoms with E-state index in [2.05, 4.69) is 11.8 Å². The van der Waals surface area contributed by atoms with Crippen molar-refractivity contribution < 1.29 is 4.74 Å². The minimum atomic E-state index is -0.462. The highest BCUT2D eigenvalue weighted by Gasteiger charge is 2.21. The quantitative estimate of drug-likeness (QED) is 0.723. The zero-order chi connectivity index (χ0) is 17.0. The highest BCUT2D eigenvalue weighted by Crippen LogP contribution is 2.32. The summed E-state index contributed by atoms with van der Waals surface area (Å²) >= 11 is 0. The third-order valence-corrected chi connectivity index (χ3v) is 4.18. The van der Waals surface area contributed by atoms with Gasteiger partial charge in [-0.25, -0.2) is 0 Å². The number of hydrogen-bond acceptors (Lipinski definition) is 1. The van der Waals surface area contributed by atoms with Crippen molar-refractivity contribution in [3.8, 4) is 24.7 Å². The normalized spacial score (nSPS) is 13.0. The maximum Gasteiger partial charge on any atom is 0.145 e. The molecule has 2 unspecified atom stereocenters. The van der Waals surface area contributed by atoms with E-state index in [0.29, 0.717) is 0 Å². The van der Waals surface area contributed by atoms with E-state index in [1.54, 1.807) is 0 Å². The smallest absolute Gasteiger partial charge is 0.145 e. The molecule has 0 aliphatic heterocycles. The van der Waals surface area contributed by atoms with Crippen molar-refractivity contribution >= 4 is 0 Å². The summed E-state index contributed by atoms with van der Waals surface area (Å²) in [6.45, 7) is 8.17. The number of rotatable bonds is 4. The van der Waals surface area contributed by atoms with E-state index in [1.165, 1.54) is 0 Å². The lowest BCUT2D eigenvalue weighted by Gasteiger charge is -2.23. The first-order valence-corrected chi connectivity index (χ1v) is 7.69. The fourth-order valence-electron chi connectivity index (χ4n) is 3.00. The fourth-order valence-corrected chi connectivity index (χ4v) is 3.00. The Hall–Kier alpha value is -2.48. The molecule has 23 heavy (non-hydrogen) atoms. The van der Waals surface area contributed by atoms with E-state index in [0.717, 1.165) is 33.4 Å². The highest BCUT2D eigenvalue weighted by atomic mass is 16.5. The van der Waals surface area contributed by atoms with Crippen molar-refractivity contribution in [3.05, 3.63) is 69.8 Å². The number of aryl methyl sites for hydroxylation is 4. The summed E-state index contributed by atoms with van der Waals surface area (Å²) in [6, 6.07) is 12.2. The molecule has 0 bridgehead atoms. The molecule has 0 heterocycles. The first-order valence-electron chi connectivity index (χ1n) is 7.69. The molecule has 0 saturated heterocycles. The second kappa shape index (κ2) is 7.19. The third kappa shape index (κ3) is 3.48. The van der Waals surface area contributed by atoms with Gasteiger partial charge in [-0.15, -0.1) is 12.8 Å². The van der Waals surface area contributed by atoms with E-state index < -0.39 is 12.2 Å². The van der Waals surface area contributed by atoms with Gasteiger partial charge in [0.25, 0.3) is 0 Å². The van der Waals surface area contributed by atoms with Gasteiger partial charge in [-0.3, -0.25) is 0 Å². The number of ether oxygens (including phenoxy) is 1. The molecule has 0 spiro atoms. The molecule has 2 rings (SSSR count). The largest absolute Gasteiger partial charge is 0.340 e. The monoisotopic (exact) mass is 302 g/mol. The minimum absolute atomic E-state index is 0.462. The van der Waals surface area contributed by atoms with Gasteiger partial charge in [-0.05, 0) is 61.1 Å². The van der Waals surface area contributed by atoms with E-state index in [1.807, 2.05) is 64.1 Å². The van der Waals surface area contributed by atoms with Crippen LogP contribution in [0.15, 0.2) is 36.4 Å². The maximum atomic E-state index is 6.17. The third-order valence-electron chi connectivity index (χ3n) is 4.18. The molecule has 0 radical (unpaired) electrons. The van der Waals surface area contributed by atoms with Crippen LogP contribution in [0, 0.1) is 52.4 Å². The molecule has 1 nitrogen and oxygen atoms in total. The van der Waals surface area contributed by atoms with Crippen molar-refractivity contribution in [2.75, 3.05) is 0 Å². The standard InChI is InChI=1S/C22H22O/c1-7-19(21-15(3)11-9-12-16(21)4)23-20(8-2)22-17(5)13-10-14-18(22)6/h1-2,9-14,19-20H,3-6H3. The van der Waals surface area contributed by atoms with E-state index in [-0.39, 0.29) is 0 Å². The summed E-state index contributed by atoms with van der Waals surface area (Å²) < 4.78 is 6.17. The first kappa shape index (κ1) is 16.9. The van der Waals surface area contributed by atoms with E-state index in [4.69, 9.17) is 17.6 Å². The van der Waals surface area contributed by atoms with Crippen molar-refractivity contribution in [3.63, 3.8) is 0 Å². The number of terminal acetylenes is 2. The predicted octanol–water partition coefficient (Wildman–Crippen LogP) is 4.99. The fraction of sp³-hybridized carbons (Fsp3) is 0.273. The summed E-state index contributed by atoms with van der Waals surface area (Å²) in [5, 5.41) is 0. The molecule has 2 atom stereocenters. The summed E-state index contributed by atoms with van der Waals surface area (Å²) in [5.74, 6) is 5.51. The zero-order valence-corrected chi connectivity index (χ0v) is 14.2. The Morgan fingerprint density at radius 2 is 1.00 bits per heavy atom. The Labute approximate surface area is 139 Å². The molecular weight excluding hydrogens is 280 g/mol. The molecule has 0 amide bonds. The van der Waals surface area contributed by atoms with Crippen LogP contribution in [0.2, 0.25) is 0 Å². The molecule has 0 N–H and O–H groups in total. The minimum Gasteiger partial charge on any atom is -0.340 e. The molecule has 0 saturated carbocycles. The Morgan fingerprint density at radius 3 is 1.26 bits per heavy atom. The Balaban J connectivity index is 2.42. The second-order valence-corrected chi connectivity index (χ2v) is 5.84. The van der Waals surface area contributed by atoms with Crippen LogP contribution in [-0.4, -0.2) is 0 Å². The van der Waals surface area contributed by atoms with Crippen LogP contribution < -0.4 is 0 Å². The lowest BCUT2D eigenvalue weighted by atomic mass is 9.96. The first-order chi connectivity index (χ1) is 11.0. The molecule has 0 aliphatic carbocycles. The van der Waals surface area contributed by atoms with Crippen molar-refractivity contribution in [2.24, 2.45) is 0 Å². The Bertz CT molecular complexity index is 679. The van der Waals surface area contributed by atoms with Crippen LogP contribution in [0.5, 0.6) is 0 Å². The SMILES string of the molecule is C#CC(OC(C#C)c1c(C)cccc1C)c1c(C)cccc1C. The van der Waals surface area contributed by atoms with Crippen LogP contribution in [0.4, 0.5) is 0 Å². The van der Waals surface area contributed by atoms with Crippen molar-refractivity contribution in [2.45, 2.75) is 39.9 Å². The van der Waals surface area contributed by atoms with Gasteiger partial charge in [-0.2, -0.15) is 0 Å². The Kier molecular flexibility index (Phi) is 5.28. The van der Waals surface area contributed by atoms with E-state index >= 15 is 0 Å². The lowest BCUT2D eigenvalue weighted by Crippen LogP contribution is -2.12. The average molecular weight is 302 g/mol. The second-order valence-electron chi connectivity index (χ2n) is 5.84. The van der Waals surface area contributed by atoms with Gasteiger partial charge in [-0.1, -0.05) is 48.2 Å². The molecule has 0 aliphatic rings. The summed E-state index contributed by atoms with van der Waals surface area (Å²) in [7, 11) is 0. The molecule has 116 valence electrons. The van der Waals surface area contributed by atoms with Crippen LogP contribution in [0.3, 0.4) is 0 Å². The Morgan fingerprint density at radius 1 is 0.696 bits per heavy atom. The molecule has 0 fully saturated rings. The zero-order valence-electron chi connectivity index (χ0n) is 14.2. The summed E-state index contributed by atoms with van der Waals surface area (Å²) in [5.41, 5.74) is 6.52. The topological polar surface area (TPSA) is 9.23 Å². The number of hydrogen-bond donors (Lipinski definition) is 0. The highest BCUT2D eigenvalue weighted by molar-refractivity contribution is 5.41. The molecule has 2 aromatic carbocycles. The number of benzene rings is 2. The molecule has 1 heteroatoms. The van der Waals surface area contributed by atoms with Crippen molar-refractivity contribution in [1.29, 1.82) is 0 Å². The van der Waals surface area contributed by atoms with Crippen LogP contribution in [0.25, 0.3) is 0 Å². The average Bonchev–Trinajstić information content (AvgIpc) is 2.51. The van der Waals surface area contributed by atoms with Crippen molar-refractivity contribution in [1.82, 2.24) is 0 Å². The van der Waals surface area contributed by atoms with Gasteiger partial charge < -0.3 is 4.74 Å². The summed E-state index contributed by atoms with van der Waals surface area (Å²) in [4.78, 5) is 0. The van der Waals surface area contributed by atoms with Gasteiger partial charge in [0.1, 0.15) is 12.2 Å². The molecular formula is C22H22O. The predicted molar refractivity (Wildman–Crippen MR) is 96.1 cm³/mol. The van der Waals surface area contributed by atoms with E-state index in [9.17, 15) is 0 Å². The van der Waals surface area contributed by atoms with Crippen LogP contribution >= 0.6 is 0 Å². The lowest BCUT2D eigenvalue weighted by molar-refractivity contribution is 0.0502. The van der Waals surface area contributed by atoms with Gasteiger partial charge in [0.15, 0.2) is 0 Å². The molecule has 0 aromatic heterocycles. The maximum absolute atomic E-state index is 6.17. The van der Waals surface area contributed by atoms with Gasteiger partial charge in [0, 0.05) is 0 Å². The van der Waals surface area contributed by atoms with Gasteiger partial charge >= 0.3 is 0 Å².